The number of benzene rings is 1. The van der Waals surface area contributed by atoms with E-state index in [2.05, 4.69) is 34.1 Å². The smallest absolute Gasteiger partial charge is 0.323 e. The molecule has 0 unspecified atom stereocenters. The minimum absolute atomic E-state index is 0.0459. The molecule has 0 bridgehead atoms. The number of aromatic nitrogens is 3. The Labute approximate surface area is 183 Å². The summed E-state index contributed by atoms with van der Waals surface area (Å²) in [6.07, 6.45) is 5.58. The molecule has 0 atom stereocenters. The molecule has 0 aliphatic rings. The highest BCUT2D eigenvalue weighted by atomic mass is 16.5. The summed E-state index contributed by atoms with van der Waals surface area (Å²) < 4.78 is 5.73. The van der Waals surface area contributed by atoms with Gasteiger partial charge in [-0.15, -0.1) is 0 Å². The summed E-state index contributed by atoms with van der Waals surface area (Å²) >= 11 is 0. The normalized spacial score (nSPS) is 11.2. The highest BCUT2D eigenvalue weighted by Crippen LogP contribution is 2.25. The number of rotatable bonds is 8. The average molecular weight is 422 g/mol. The number of fused-ring (bicyclic) bond motifs is 1. The number of nitrogens with one attached hydrogen (secondary N) is 1. The fourth-order valence-electron chi connectivity index (χ4n) is 3.10. The summed E-state index contributed by atoms with van der Waals surface area (Å²) in [4.78, 5) is 27.2. The molecular formula is C24H31N5O2. The minimum Gasteiger partial charge on any atom is -0.478 e. The quantitative estimate of drug-likeness (QED) is 0.514. The van der Waals surface area contributed by atoms with Crippen molar-refractivity contribution in [3.8, 4) is 17.0 Å². The van der Waals surface area contributed by atoms with E-state index in [0.29, 0.717) is 29.7 Å². The number of pyridine rings is 1. The van der Waals surface area contributed by atoms with E-state index in [-0.39, 0.29) is 12.1 Å². The molecule has 0 radical (unpaired) electrons. The number of hydrogen-bond donors (Lipinski definition) is 1. The Morgan fingerprint density at radius 2 is 1.81 bits per heavy atom. The van der Waals surface area contributed by atoms with Crippen LogP contribution < -0.4 is 15.0 Å². The van der Waals surface area contributed by atoms with Gasteiger partial charge >= 0.3 is 6.03 Å². The van der Waals surface area contributed by atoms with Crippen LogP contribution in [-0.2, 0) is 0 Å². The van der Waals surface area contributed by atoms with Crippen molar-refractivity contribution in [1.82, 2.24) is 20.3 Å². The Bertz CT molecular complexity index is 1020. The predicted octanol–water partition coefficient (Wildman–Crippen LogP) is 5.06. The van der Waals surface area contributed by atoms with Crippen LogP contribution in [0.15, 0.2) is 42.7 Å². The molecule has 0 aliphatic heterocycles. The van der Waals surface area contributed by atoms with Crippen LogP contribution in [0.4, 0.5) is 10.6 Å². The molecule has 31 heavy (non-hydrogen) atoms. The first-order chi connectivity index (χ1) is 14.8. The van der Waals surface area contributed by atoms with Crippen molar-refractivity contribution in [2.24, 2.45) is 5.92 Å². The number of carbonyl (C=O) groups excluding carboxylic acids is 1. The molecule has 0 saturated heterocycles. The molecule has 2 heterocycles. The van der Waals surface area contributed by atoms with Crippen LogP contribution in [-0.4, -0.2) is 40.7 Å². The average Bonchev–Trinajstić information content (AvgIpc) is 2.75. The fraction of sp³-hybridized carbons (Fsp3) is 0.417. The lowest BCUT2D eigenvalue weighted by Crippen LogP contribution is -2.41. The van der Waals surface area contributed by atoms with E-state index in [1.165, 1.54) is 4.90 Å². The van der Waals surface area contributed by atoms with Gasteiger partial charge in [-0.1, -0.05) is 19.9 Å². The molecule has 0 saturated carbocycles. The van der Waals surface area contributed by atoms with Gasteiger partial charge in [0.05, 0.1) is 23.8 Å². The van der Waals surface area contributed by atoms with E-state index in [4.69, 9.17) is 4.74 Å². The number of nitrogens with zero attached hydrogens (tertiary/aromatic N) is 4. The third kappa shape index (κ3) is 6.13. The Hall–Kier alpha value is -3.22. The third-order valence-corrected chi connectivity index (χ3v) is 4.84. The van der Waals surface area contributed by atoms with Gasteiger partial charge in [-0.2, -0.15) is 0 Å². The maximum atomic E-state index is 12.3. The van der Waals surface area contributed by atoms with Crippen molar-refractivity contribution in [2.45, 2.75) is 46.6 Å². The molecule has 1 aromatic carbocycles. The number of hydrogen-bond acceptors (Lipinski definition) is 5. The summed E-state index contributed by atoms with van der Waals surface area (Å²) in [5, 5.41) is 2.85. The van der Waals surface area contributed by atoms with Crippen LogP contribution in [0.1, 0.15) is 40.5 Å². The molecule has 3 aromatic rings. The highest BCUT2D eigenvalue weighted by molar-refractivity contribution is 5.91. The first-order valence-electron chi connectivity index (χ1n) is 10.7. The second-order valence-electron chi connectivity index (χ2n) is 8.36. The van der Waals surface area contributed by atoms with Crippen molar-refractivity contribution >= 4 is 22.9 Å². The van der Waals surface area contributed by atoms with Gasteiger partial charge in [0.1, 0.15) is 0 Å². The van der Waals surface area contributed by atoms with Gasteiger partial charge < -0.3 is 10.1 Å². The molecule has 7 nitrogen and oxygen atoms in total. The maximum Gasteiger partial charge on any atom is 0.323 e. The minimum atomic E-state index is -0.215. The first-order valence-corrected chi connectivity index (χ1v) is 10.7. The van der Waals surface area contributed by atoms with Crippen LogP contribution in [0, 0.1) is 5.92 Å². The Morgan fingerprint density at radius 3 is 2.48 bits per heavy atom. The molecule has 164 valence electrons. The third-order valence-electron chi connectivity index (χ3n) is 4.84. The van der Waals surface area contributed by atoms with Crippen LogP contribution in [0.3, 0.4) is 0 Å². The summed E-state index contributed by atoms with van der Waals surface area (Å²) in [5.41, 5.74) is 3.43. The molecule has 0 fully saturated rings. The van der Waals surface area contributed by atoms with Crippen molar-refractivity contribution in [1.29, 1.82) is 0 Å². The van der Waals surface area contributed by atoms with Crippen LogP contribution in [0.5, 0.6) is 5.88 Å². The number of carbonyl (C=O) groups is 1. The topological polar surface area (TPSA) is 80.2 Å². The molecule has 2 amide bonds. The lowest BCUT2D eigenvalue weighted by Gasteiger charge is -2.18. The molecule has 2 aromatic heterocycles. The zero-order chi connectivity index (χ0) is 22.4. The fourth-order valence-corrected chi connectivity index (χ4v) is 3.10. The molecule has 7 heteroatoms. The number of urea groups is 1. The van der Waals surface area contributed by atoms with Gasteiger partial charge in [0.15, 0.2) is 5.82 Å². The van der Waals surface area contributed by atoms with E-state index in [0.717, 1.165) is 29.5 Å². The first kappa shape index (κ1) is 22.5. The standard InChI is InChI=1S/C24H31N5O2/c1-16(2)7-6-12-31-23-11-9-19(14-26-23)18-8-10-20-21(13-18)28-22(15-25-20)29(5)24(30)27-17(3)4/h8-11,13-17H,6-7,12H2,1-5H3,(H,27,30). The summed E-state index contributed by atoms with van der Waals surface area (Å²) in [6, 6.07) is 9.59. The van der Waals surface area contributed by atoms with Crippen molar-refractivity contribution in [3.05, 3.63) is 42.7 Å². The van der Waals surface area contributed by atoms with Gasteiger partial charge in [0.2, 0.25) is 5.88 Å². The number of ether oxygens (including phenoxy) is 1. The number of anilines is 1. The second kappa shape index (κ2) is 10.2. The van der Waals surface area contributed by atoms with Crippen LogP contribution in [0.2, 0.25) is 0 Å². The molecule has 1 N–H and O–H groups in total. The van der Waals surface area contributed by atoms with E-state index >= 15 is 0 Å². The van der Waals surface area contributed by atoms with Gasteiger partial charge in [0, 0.05) is 30.9 Å². The predicted molar refractivity (Wildman–Crippen MR) is 124 cm³/mol. The van der Waals surface area contributed by atoms with Gasteiger partial charge in [0.25, 0.3) is 0 Å². The zero-order valence-electron chi connectivity index (χ0n) is 18.9. The number of amides is 2. The van der Waals surface area contributed by atoms with Crippen LogP contribution in [0.25, 0.3) is 22.2 Å². The summed E-state index contributed by atoms with van der Waals surface area (Å²) in [5.74, 6) is 1.80. The van der Waals surface area contributed by atoms with Crippen molar-refractivity contribution in [2.75, 3.05) is 18.6 Å². The van der Waals surface area contributed by atoms with Crippen molar-refractivity contribution < 1.29 is 9.53 Å². The monoisotopic (exact) mass is 421 g/mol. The van der Waals surface area contributed by atoms with Gasteiger partial charge in [-0.25, -0.2) is 14.8 Å². The van der Waals surface area contributed by atoms with E-state index in [1.807, 2.05) is 44.2 Å². The lowest BCUT2D eigenvalue weighted by atomic mass is 10.1. The summed E-state index contributed by atoms with van der Waals surface area (Å²) in [6.45, 7) is 8.93. The SMILES string of the molecule is CC(C)CCCOc1ccc(-c2ccc3ncc(N(C)C(=O)NC(C)C)nc3c2)cn1. The van der Waals surface area contributed by atoms with E-state index in [1.54, 1.807) is 19.4 Å². The highest BCUT2D eigenvalue weighted by Gasteiger charge is 2.14. The van der Waals surface area contributed by atoms with Crippen molar-refractivity contribution in [3.63, 3.8) is 0 Å². The van der Waals surface area contributed by atoms with Crippen LogP contribution >= 0.6 is 0 Å². The molecule has 0 spiro atoms. The largest absolute Gasteiger partial charge is 0.478 e. The second-order valence-corrected chi connectivity index (χ2v) is 8.36. The maximum absolute atomic E-state index is 12.3. The molecule has 0 aliphatic carbocycles. The summed E-state index contributed by atoms with van der Waals surface area (Å²) in [7, 11) is 1.68. The Kier molecular flexibility index (Phi) is 7.39. The Morgan fingerprint density at radius 1 is 1.03 bits per heavy atom. The van der Waals surface area contributed by atoms with Gasteiger partial charge in [-0.05, 0) is 56.4 Å². The lowest BCUT2D eigenvalue weighted by molar-refractivity contribution is 0.245. The zero-order valence-corrected chi connectivity index (χ0v) is 18.9. The Balaban J connectivity index is 1.74. The van der Waals surface area contributed by atoms with Gasteiger partial charge in [-0.3, -0.25) is 9.88 Å². The van der Waals surface area contributed by atoms with E-state index < -0.39 is 0 Å². The molecule has 3 rings (SSSR count). The van der Waals surface area contributed by atoms with E-state index in [9.17, 15) is 4.79 Å². The molecular weight excluding hydrogens is 390 g/mol.